The Morgan fingerprint density at radius 2 is 1.89 bits per heavy atom. The number of carbonyl (C=O) groups is 2. The molecule has 0 radical (unpaired) electrons. The van der Waals surface area contributed by atoms with Crippen molar-refractivity contribution in [2.45, 2.75) is 26.3 Å². The predicted molar refractivity (Wildman–Crippen MR) is 70.6 cm³/mol. The zero-order chi connectivity index (χ0) is 13.3. The Labute approximate surface area is 106 Å². The quantitative estimate of drug-likeness (QED) is 0.734. The van der Waals surface area contributed by atoms with E-state index in [0.717, 1.165) is 22.5 Å². The molecule has 0 aromatic heterocycles. The second-order valence-corrected chi connectivity index (χ2v) is 4.55. The lowest BCUT2D eigenvalue weighted by Crippen LogP contribution is -2.42. The van der Waals surface area contributed by atoms with Crippen LogP contribution in [0.1, 0.15) is 17.5 Å². The van der Waals surface area contributed by atoms with Gasteiger partial charge in [-0.1, -0.05) is 0 Å². The number of rotatable bonds is 2. The number of nitrogens with one attached hydrogen (secondary N) is 3. The van der Waals surface area contributed by atoms with Gasteiger partial charge in [-0.25, -0.2) is 0 Å². The van der Waals surface area contributed by atoms with Gasteiger partial charge in [0.05, 0.1) is 17.8 Å². The molecule has 2 amide bonds. The lowest BCUT2D eigenvalue weighted by Gasteiger charge is -2.27. The maximum absolute atomic E-state index is 11.9. The number of anilines is 2. The molecule has 0 aliphatic carbocycles. The van der Waals surface area contributed by atoms with E-state index in [2.05, 4.69) is 16.0 Å². The van der Waals surface area contributed by atoms with Crippen molar-refractivity contribution in [3.05, 3.63) is 23.3 Å². The maximum atomic E-state index is 11.9. The Balaban J connectivity index is 2.24. The predicted octanol–water partition coefficient (Wildman–Crippen LogP) is 1.17. The first kappa shape index (κ1) is 12.4. The van der Waals surface area contributed by atoms with Crippen LogP contribution in [-0.2, 0) is 9.59 Å². The van der Waals surface area contributed by atoms with Gasteiger partial charge >= 0.3 is 0 Å². The molecule has 1 aromatic rings. The first-order valence-corrected chi connectivity index (χ1v) is 5.90. The van der Waals surface area contributed by atoms with Crippen LogP contribution >= 0.6 is 0 Å². The summed E-state index contributed by atoms with van der Waals surface area (Å²) in [5, 5.41) is 8.45. The Morgan fingerprint density at radius 1 is 1.28 bits per heavy atom. The van der Waals surface area contributed by atoms with Gasteiger partial charge < -0.3 is 16.0 Å². The van der Waals surface area contributed by atoms with Crippen molar-refractivity contribution in [1.29, 1.82) is 0 Å². The highest BCUT2D eigenvalue weighted by atomic mass is 16.2. The zero-order valence-corrected chi connectivity index (χ0v) is 10.8. The van der Waals surface area contributed by atoms with Gasteiger partial charge in [0, 0.05) is 7.05 Å². The smallest absolute Gasteiger partial charge is 0.247 e. The van der Waals surface area contributed by atoms with Gasteiger partial charge in [0.25, 0.3) is 0 Å². The highest BCUT2D eigenvalue weighted by Gasteiger charge is 2.27. The zero-order valence-electron chi connectivity index (χ0n) is 10.8. The normalized spacial score (nSPS) is 17.5. The van der Waals surface area contributed by atoms with Crippen LogP contribution in [-0.4, -0.2) is 24.9 Å². The maximum Gasteiger partial charge on any atom is 0.247 e. The summed E-state index contributed by atoms with van der Waals surface area (Å²) in [7, 11) is 1.56. The van der Waals surface area contributed by atoms with Gasteiger partial charge in [-0.2, -0.15) is 0 Å². The molecule has 3 N–H and O–H groups in total. The molecular formula is C13H17N3O2. The highest BCUT2D eigenvalue weighted by molar-refractivity contribution is 6.05. The molecule has 0 fully saturated rings. The summed E-state index contributed by atoms with van der Waals surface area (Å²) >= 11 is 0. The fourth-order valence-electron chi connectivity index (χ4n) is 1.94. The van der Waals surface area contributed by atoms with Crippen LogP contribution in [0, 0.1) is 13.8 Å². The molecule has 1 atom stereocenters. The molecule has 1 unspecified atom stereocenters. The minimum Gasteiger partial charge on any atom is -0.372 e. The summed E-state index contributed by atoms with van der Waals surface area (Å²) in [6.45, 7) is 4.01. The topological polar surface area (TPSA) is 70.2 Å². The second-order valence-electron chi connectivity index (χ2n) is 4.55. The van der Waals surface area contributed by atoms with E-state index < -0.39 is 6.04 Å². The number of benzene rings is 1. The first-order chi connectivity index (χ1) is 8.51. The molecule has 5 nitrogen and oxygen atoms in total. The van der Waals surface area contributed by atoms with Crippen LogP contribution in [0.3, 0.4) is 0 Å². The fraction of sp³-hybridized carbons (Fsp3) is 0.385. The minimum atomic E-state index is -0.514. The number of carbonyl (C=O) groups excluding carboxylic acids is 2. The van der Waals surface area contributed by atoms with Crippen LogP contribution < -0.4 is 16.0 Å². The summed E-state index contributed by atoms with van der Waals surface area (Å²) in [5.41, 5.74) is 3.92. The summed E-state index contributed by atoms with van der Waals surface area (Å²) < 4.78 is 0. The Hall–Kier alpha value is -2.04. The summed E-state index contributed by atoms with van der Waals surface area (Å²) in [6, 6.07) is 3.41. The van der Waals surface area contributed by atoms with Crippen molar-refractivity contribution in [2.75, 3.05) is 17.7 Å². The summed E-state index contributed by atoms with van der Waals surface area (Å²) in [6.07, 6.45) is 0.134. The van der Waals surface area contributed by atoms with Gasteiger partial charge in [0.15, 0.2) is 0 Å². The molecule has 2 rings (SSSR count). The number of hydrogen-bond donors (Lipinski definition) is 3. The monoisotopic (exact) mass is 247 g/mol. The van der Waals surface area contributed by atoms with Gasteiger partial charge in [0.2, 0.25) is 11.8 Å². The van der Waals surface area contributed by atoms with E-state index in [9.17, 15) is 9.59 Å². The van der Waals surface area contributed by atoms with Crippen LogP contribution in [0.5, 0.6) is 0 Å². The van der Waals surface area contributed by atoms with E-state index in [0.29, 0.717) is 0 Å². The van der Waals surface area contributed by atoms with Crippen molar-refractivity contribution in [3.63, 3.8) is 0 Å². The Morgan fingerprint density at radius 3 is 2.50 bits per heavy atom. The van der Waals surface area contributed by atoms with E-state index >= 15 is 0 Å². The molecule has 1 aliphatic rings. The van der Waals surface area contributed by atoms with Gasteiger partial charge in [-0.15, -0.1) is 0 Å². The van der Waals surface area contributed by atoms with Gasteiger partial charge in [0.1, 0.15) is 6.04 Å². The fourth-order valence-corrected chi connectivity index (χ4v) is 1.94. The van der Waals surface area contributed by atoms with Crippen molar-refractivity contribution in [3.8, 4) is 0 Å². The molecule has 1 aliphatic heterocycles. The van der Waals surface area contributed by atoms with Crippen molar-refractivity contribution < 1.29 is 9.59 Å². The number of hydrogen-bond acceptors (Lipinski definition) is 3. The SMILES string of the molecule is CNC(=O)CC1Nc2cc(C)c(C)cc2NC1=O. The molecule has 0 spiro atoms. The Kier molecular flexibility index (Phi) is 3.23. The standard InChI is InChI=1S/C13H17N3O2/c1-7-4-9-10(5-8(7)2)16-13(18)11(15-9)6-12(17)14-3/h4-5,11,15H,6H2,1-3H3,(H,14,17)(H,16,18). The van der Waals surface area contributed by atoms with Crippen LogP contribution in [0.15, 0.2) is 12.1 Å². The van der Waals surface area contributed by atoms with Crippen molar-refractivity contribution in [2.24, 2.45) is 0 Å². The molecule has 1 heterocycles. The molecule has 18 heavy (non-hydrogen) atoms. The third-order valence-corrected chi connectivity index (χ3v) is 3.21. The van der Waals surface area contributed by atoms with E-state index in [-0.39, 0.29) is 18.2 Å². The lowest BCUT2D eigenvalue weighted by atomic mass is 10.0. The molecule has 5 heteroatoms. The van der Waals surface area contributed by atoms with Gasteiger partial charge in [-0.05, 0) is 37.1 Å². The van der Waals surface area contributed by atoms with Gasteiger partial charge in [-0.3, -0.25) is 9.59 Å². The minimum absolute atomic E-state index is 0.134. The summed E-state index contributed by atoms with van der Waals surface area (Å²) in [5.74, 6) is -0.329. The second kappa shape index (κ2) is 4.68. The van der Waals surface area contributed by atoms with E-state index in [1.165, 1.54) is 0 Å². The third kappa shape index (κ3) is 2.30. The molecule has 0 saturated heterocycles. The summed E-state index contributed by atoms with van der Waals surface area (Å²) in [4.78, 5) is 23.2. The number of aryl methyl sites for hydroxylation is 2. The van der Waals surface area contributed by atoms with Crippen molar-refractivity contribution >= 4 is 23.2 Å². The van der Waals surface area contributed by atoms with E-state index in [4.69, 9.17) is 0 Å². The molecular weight excluding hydrogens is 230 g/mol. The number of amides is 2. The molecule has 0 bridgehead atoms. The third-order valence-electron chi connectivity index (χ3n) is 3.21. The van der Waals surface area contributed by atoms with E-state index in [1.807, 2.05) is 26.0 Å². The van der Waals surface area contributed by atoms with Crippen LogP contribution in [0.25, 0.3) is 0 Å². The van der Waals surface area contributed by atoms with Crippen LogP contribution in [0.4, 0.5) is 11.4 Å². The van der Waals surface area contributed by atoms with Crippen LogP contribution in [0.2, 0.25) is 0 Å². The highest BCUT2D eigenvalue weighted by Crippen LogP contribution is 2.30. The van der Waals surface area contributed by atoms with Crippen molar-refractivity contribution in [1.82, 2.24) is 5.32 Å². The number of fused-ring (bicyclic) bond motifs is 1. The average molecular weight is 247 g/mol. The molecule has 0 saturated carbocycles. The average Bonchev–Trinajstić information content (AvgIpc) is 2.32. The first-order valence-electron chi connectivity index (χ1n) is 5.90. The molecule has 1 aromatic carbocycles. The molecule has 96 valence electrons. The lowest BCUT2D eigenvalue weighted by molar-refractivity contribution is -0.124. The Bertz CT molecular complexity index is 511. The largest absolute Gasteiger partial charge is 0.372 e. The van der Waals surface area contributed by atoms with E-state index in [1.54, 1.807) is 7.05 Å².